The number of pyridine rings is 1. The fourth-order valence-electron chi connectivity index (χ4n) is 4.71. The first kappa shape index (κ1) is 21.5. The molecular weight excluding hydrogens is 458 g/mol. The van der Waals surface area contributed by atoms with Crippen molar-refractivity contribution in [2.45, 2.75) is 13.0 Å². The molecule has 0 bridgehead atoms. The van der Waals surface area contributed by atoms with Crippen LogP contribution in [0.15, 0.2) is 79.3 Å². The number of aromatic nitrogens is 4. The van der Waals surface area contributed by atoms with Crippen molar-refractivity contribution in [2.75, 3.05) is 0 Å². The highest BCUT2D eigenvalue weighted by atomic mass is 16.4. The molecule has 0 fully saturated rings. The van der Waals surface area contributed by atoms with E-state index in [1.54, 1.807) is 17.1 Å². The minimum absolute atomic E-state index is 0.124. The number of carboxylic acid groups (broad SMARTS) is 1. The maximum absolute atomic E-state index is 13.2. The number of nitrogens with zero attached hydrogens (tertiary/aromatic N) is 4. The number of hydrogen-bond acceptors (Lipinski definition) is 5. The Hall–Kier alpha value is -5.05. The third kappa shape index (κ3) is 3.37. The molecule has 0 spiro atoms. The van der Waals surface area contributed by atoms with Crippen LogP contribution in [0.2, 0.25) is 0 Å². The lowest BCUT2D eigenvalue weighted by atomic mass is 9.97. The molecule has 36 heavy (non-hydrogen) atoms. The average Bonchev–Trinajstić information content (AvgIpc) is 3.54. The van der Waals surface area contributed by atoms with E-state index in [0.29, 0.717) is 22.2 Å². The third-order valence-corrected chi connectivity index (χ3v) is 6.27. The van der Waals surface area contributed by atoms with Gasteiger partial charge in [0.2, 0.25) is 0 Å². The van der Waals surface area contributed by atoms with Gasteiger partial charge in [-0.05, 0) is 24.3 Å². The summed E-state index contributed by atoms with van der Waals surface area (Å²) in [6.45, 7) is 0.133. The Balaban J connectivity index is 1.62. The Bertz CT molecular complexity index is 1730. The summed E-state index contributed by atoms with van der Waals surface area (Å²) < 4.78 is 3.50. The van der Waals surface area contributed by atoms with Crippen LogP contribution in [0, 0.1) is 0 Å². The second kappa shape index (κ2) is 8.31. The van der Waals surface area contributed by atoms with Crippen molar-refractivity contribution in [1.82, 2.24) is 24.6 Å². The molecule has 2 N–H and O–H groups in total. The fourth-order valence-corrected chi connectivity index (χ4v) is 4.71. The molecule has 3 aromatic heterocycles. The van der Waals surface area contributed by atoms with E-state index in [2.05, 4.69) is 15.4 Å². The quantitative estimate of drug-likeness (QED) is 0.362. The van der Waals surface area contributed by atoms with Crippen molar-refractivity contribution in [3.8, 4) is 5.69 Å². The summed E-state index contributed by atoms with van der Waals surface area (Å²) in [7, 11) is 0. The summed E-state index contributed by atoms with van der Waals surface area (Å²) in [5.74, 6) is -2.00. The fraction of sp³-hybridized carbons (Fsp3) is 0.0741. The van der Waals surface area contributed by atoms with Gasteiger partial charge in [-0.25, -0.2) is 0 Å². The predicted molar refractivity (Wildman–Crippen MR) is 133 cm³/mol. The third-order valence-electron chi connectivity index (χ3n) is 6.27. The van der Waals surface area contributed by atoms with E-state index in [1.807, 2.05) is 71.4 Å². The van der Waals surface area contributed by atoms with E-state index in [9.17, 15) is 14.4 Å². The molecule has 2 aromatic carbocycles. The molecule has 1 aliphatic heterocycles. The van der Waals surface area contributed by atoms with Gasteiger partial charge in [-0.1, -0.05) is 36.4 Å². The standard InChI is InChI=1S/C27H19N5O4/c33-22(34)11-13-32-21-10-4-2-8-18(21)25(30-32)24-23(26(35)29-27(24)36)19-15-31(16-6-5-12-28-14-16)20-9-3-1-7-17(19)20/h1-10,12,14-15H,11,13H2,(H,33,34)(H,29,35,36). The van der Waals surface area contributed by atoms with Crippen molar-refractivity contribution in [2.24, 2.45) is 0 Å². The van der Waals surface area contributed by atoms with Gasteiger partial charge in [0.05, 0.1) is 47.0 Å². The maximum atomic E-state index is 13.2. The first-order valence-electron chi connectivity index (χ1n) is 11.3. The highest BCUT2D eigenvalue weighted by Crippen LogP contribution is 2.38. The van der Waals surface area contributed by atoms with E-state index < -0.39 is 17.8 Å². The van der Waals surface area contributed by atoms with Crippen LogP contribution < -0.4 is 5.32 Å². The highest BCUT2D eigenvalue weighted by molar-refractivity contribution is 6.50. The van der Waals surface area contributed by atoms with Gasteiger partial charge in [0.15, 0.2) is 0 Å². The minimum atomic E-state index is -0.951. The van der Waals surface area contributed by atoms with Crippen molar-refractivity contribution >= 4 is 50.7 Å². The molecule has 0 saturated heterocycles. The molecular formula is C27H19N5O4. The zero-order valence-corrected chi connectivity index (χ0v) is 18.9. The summed E-state index contributed by atoms with van der Waals surface area (Å²) in [5, 5.41) is 17.7. The molecule has 0 atom stereocenters. The summed E-state index contributed by atoms with van der Waals surface area (Å²) >= 11 is 0. The minimum Gasteiger partial charge on any atom is -0.481 e. The van der Waals surface area contributed by atoms with E-state index in [1.165, 1.54) is 0 Å². The van der Waals surface area contributed by atoms with E-state index in [-0.39, 0.29) is 24.1 Å². The van der Waals surface area contributed by atoms with Crippen LogP contribution in [0.1, 0.15) is 17.7 Å². The predicted octanol–water partition coefficient (Wildman–Crippen LogP) is 3.42. The molecule has 4 heterocycles. The topological polar surface area (TPSA) is 119 Å². The van der Waals surface area contributed by atoms with Gasteiger partial charge in [-0.15, -0.1) is 0 Å². The first-order chi connectivity index (χ1) is 17.5. The van der Waals surface area contributed by atoms with E-state index in [0.717, 1.165) is 16.6 Å². The molecule has 0 aliphatic carbocycles. The number of aliphatic carboxylic acids is 1. The first-order valence-corrected chi connectivity index (χ1v) is 11.3. The largest absolute Gasteiger partial charge is 0.481 e. The Labute approximate surface area is 204 Å². The van der Waals surface area contributed by atoms with Crippen LogP contribution in [0.4, 0.5) is 0 Å². The maximum Gasteiger partial charge on any atom is 0.305 e. The molecule has 6 rings (SSSR count). The van der Waals surface area contributed by atoms with Gasteiger partial charge in [-0.3, -0.25) is 29.4 Å². The number of benzene rings is 2. The molecule has 1 aliphatic rings. The van der Waals surface area contributed by atoms with Crippen molar-refractivity contribution in [1.29, 1.82) is 0 Å². The van der Waals surface area contributed by atoms with E-state index in [4.69, 9.17) is 5.11 Å². The molecule has 0 radical (unpaired) electrons. The molecule has 9 nitrogen and oxygen atoms in total. The lowest BCUT2D eigenvalue weighted by Gasteiger charge is -2.03. The lowest BCUT2D eigenvalue weighted by Crippen LogP contribution is -2.22. The number of aryl methyl sites for hydroxylation is 1. The average molecular weight is 477 g/mol. The Morgan fingerprint density at radius 1 is 0.889 bits per heavy atom. The number of rotatable bonds is 6. The number of carbonyl (C=O) groups is 3. The van der Waals surface area contributed by atoms with Gasteiger partial charge < -0.3 is 9.67 Å². The lowest BCUT2D eigenvalue weighted by molar-refractivity contribution is -0.137. The zero-order chi connectivity index (χ0) is 24.8. The molecule has 5 aromatic rings. The number of amides is 2. The molecule has 2 amide bonds. The zero-order valence-electron chi connectivity index (χ0n) is 18.9. The number of nitrogens with one attached hydrogen (secondary N) is 1. The molecule has 0 unspecified atom stereocenters. The van der Waals surface area contributed by atoms with Crippen molar-refractivity contribution in [3.05, 3.63) is 90.5 Å². The van der Waals surface area contributed by atoms with Crippen LogP contribution in [-0.4, -0.2) is 42.2 Å². The normalized spacial score (nSPS) is 13.7. The summed E-state index contributed by atoms with van der Waals surface area (Å²) in [5.41, 5.74) is 3.69. The summed E-state index contributed by atoms with van der Waals surface area (Å²) in [6.07, 6.45) is 5.12. The second-order valence-electron chi connectivity index (χ2n) is 8.41. The van der Waals surface area contributed by atoms with Crippen molar-refractivity contribution < 1.29 is 19.5 Å². The van der Waals surface area contributed by atoms with Crippen LogP contribution in [-0.2, 0) is 20.9 Å². The number of carbonyl (C=O) groups excluding carboxylic acids is 2. The SMILES string of the molecule is O=C(O)CCn1nc(C2=C(c3cn(-c4cccnc4)c4ccccc34)C(=O)NC2=O)c2ccccc21. The van der Waals surface area contributed by atoms with Crippen molar-refractivity contribution in [3.63, 3.8) is 0 Å². The van der Waals surface area contributed by atoms with Crippen LogP contribution >= 0.6 is 0 Å². The van der Waals surface area contributed by atoms with Gasteiger partial charge in [-0.2, -0.15) is 5.10 Å². The molecule has 176 valence electrons. The Morgan fingerprint density at radius 2 is 1.61 bits per heavy atom. The summed E-state index contributed by atoms with van der Waals surface area (Å²) in [4.78, 5) is 41.7. The Kier molecular flexibility index (Phi) is 4.96. The summed E-state index contributed by atoms with van der Waals surface area (Å²) in [6, 6.07) is 18.6. The highest BCUT2D eigenvalue weighted by Gasteiger charge is 2.36. The molecule has 0 saturated carbocycles. The van der Waals surface area contributed by atoms with Gasteiger partial charge in [0.25, 0.3) is 11.8 Å². The number of para-hydroxylation sites is 2. The van der Waals surface area contributed by atoms with Crippen LogP contribution in [0.3, 0.4) is 0 Å². The number of fused-ring (bicyclic) bond motifs is 2. The van der Waals surface area contributed by atoms with Gasteiger partial charge in [0.1, 0.15) is 5.69 Å². The number of hydrogen-bond donors (Lipinski definition) is 2. The van der Waals surface area contributed by atoms with Gasteiger partial charge >= 0.3 is 5.97 Å². The van der Waals surface area contributed by atoms with E-state index >= 15 is 0 Å². The Morgan fingerprint density at radius 3 is 2.36 bits per heavy atom. The number of carboxylic acids is 1. The number of imide groups is 1. The second-order valence-corrected chi connectivity index (χ2v) is 8.41. The van der Waals surface area contributed by atoms with Crippen LogP contribution in [0.5, 0.6) is 0 Å². The molecule has 9 heteroatoms. The van der Waals surface area contributed by atoms with Crippen LogP contribution in [0.25, 0.3) is 38.6 Å². The smallest absolute Gasteiger partial charge is 0.305 e. The van der Waals surface area contributed by atoms with Gasteiger partial charge in [0, 0.05) is 28.7 Å². The monoisotopic (exact) mass is 477 g/mol.